The number of hydrogen-bond donors (Lipinski definition) is 1. The first-order valence-corrected chi connectivity index (χ1v) is 4.84. The van der Waals surface area contributed by atoms with Crippen LogP contribution in [0.5, 0.6) is 0 Å². The molecule has 0 saturated heterocycles. The van der Waals surface area contributed by atoms with Crippen LogP contribution in [-0.4, -0.2) is 10.8 Å². The molecule has 0 spiro atoms. The van der Waals surface area contributed by atoms with Gasteiger partial charge in [0.1, 0.15) is 0 Å². The standard InChI is InChI=1S/C12H12N2O/c1-9(15)10-5-4-8-14-12(10)11-6-2-3-7-13-11/h2-8,11,13H,1H3. The van der Waals surface area contributed by atoms with E-state index in [0.717, 1.165) is 5.69 Å². The average molecular weight is 200 g/mol. The molecule has 0 radical (unpaired) electrons. The molecule has 1 aliphatic heterocycles. The van der Waals surface area contributed by atoms with E-state index in [2.05, 4.69) is 10.3 Å². The molecule has 0 aliphatic carbocycles. The minimum absolute atomic E-state index is 0.00454. The molecule has 0 bridgehead atoms. The van der Waals surface area contributed by atoms with Crippen molar-refractivity contribution >= 4 is 5.78 Å². The second kappa shape index (κ2) is 4.09. The van der Waals surface area contributed by atoms with Crippen LogP contribution in [0.25, 0.3) is 0 Å². The van der Waals surface area contributed by atoms with Gasteiger partial charge in [0.2, 0.25) is 0 Å². The number of aromatic nitrogens is 1. The highest BCUT2D eigenvalue weighted by atomic mass is 16.1. The Bertz CT molecular complexity index is 435. The van der Waals surface area contributed by atoms with Crippen LogP contribution in [0.4, 0.5) is 0 Å². The molecular weight excluding hydrogens is 188 g/mol. The summed E-state index contributed by atoms with van der Waals surface area (Å²) < 4.78 is 0. The average Bonchev–Trinajstić information content (AvgIpc) is 2.30. The normalized spacial score (nSPS) is 18.6. The summed E-state index contributed by atoms with van der Waals surface area (Å²) in [7, 11) is 0. The zero-order valence-corrected chi connectivity index (χ0v) is 8.47. The van der Waals surface area contributed by atoms with Crippen LogP contribution < -0.4 is 5.32 Å². The summed E-state index contributed by atoms with van der Waals surface area (Å²) in [4.78, 5) is 15.7. The van der Waals surface area contributed by atoms with Crippen molar-refractivity contribution in [2.75, 3.05) is 0 Å². The SMILES string of the molecule is CC(=O)c1cccnc1C1C=CC=CN1. The predicted molar refractivity (Wildman–Crippen MR) is 58.4 cm³/mol. The Balaban J connectivity index is 2.39. The molecule has 0 amide bonds. The Kier molecular flexibility index (Phi) is 2.63. The number of carbonyl (C=O) groups excluding carboxylic acids is 1. The molecule has 1 unspecified atom stereocenters. The van der Waals surface area contributed by atoms with Crippen LogP contribution in [0.1, 0.15) is 29.0 Å². The van der Waals surface area contributed by atoms with E-state index in [0.29, 0.717) is 5.56 Å². The number of dihydropyridines is 1. The predicted octanol–water partition coefficient (Wildman–Crippen LogP) is 2.00. The zero-order valence-electron chi connectivity index (χ0n) is 8.47. The highest BCUT2D eigenvalue weighted by molar-refractivity contribution is 5.95. The van der Waals surface area contributed by atoms with E-state index in [1.807, 2.05) is 24.4 Å². The second-order valence-corrected chi connectivity index (χ2v) is 3.38. The van der Waals surface area contributed by atoms with Crippen molar-refractivity contribution in [1.82, 2.24) is 10.3 Å². The fourth-order valence-electron chi connectivity index (χ4n) is 1.58. The van der Waals surface area contributed by atoms with Gasteiger partial charge in [-0.2, -0.15) is 0 Å². The fourth-order valence-corrected chi connectivity index (χ4v) is 1.58. The summed E-state index contributed by atoms with van der Waals surface area (Å²) in [6.45, 7) is 1.56. The van der Waals surface area contributed by atoms with Gasteiger partial charge in [0.05, 0.1) is 11.7 Å². The first-order chi connectivity index (χ1) is 7.29. The van der Waals surface area contributed by atoms with Gasteiger partial charge in [-0.05, 0) is 31.3 Å². The monoisotopic (exact) mass is 200 g/mol. The van der Waals surface area contributed by atoms with Crippen LogP contribution in [-0.2, 0) is 0 Å². The molecule has 1 aliphatic rings. The topological polar surface area (TPSA) is 42.0 Å². The number of carbonyl (C=O) groups is 1. The van der Waals surface area contributed by atoms with Crippen molar-refractivity contribution in [2.45, 2.75) is 13.0 Å². The zero-order chi connectivity index (χ0) is 10.7. The lowest BCUT2D eigenvalue weighted by Gasteiger charge is -2.17. The summed E-state index contributed by atoms with van der Waals surface area (Å²) in [5.41, 5.74) is 1.46. The van der Waals surface area contributed by atoms with Gasteiger partial charge in [0.25, 0.3) is 0 Å². The van der Waals surface area contributed by atoms with Crippen molar-refractivity contribution in [1.29, 1.82) is 0 Å². The number of Topliss-reactive ketones (excluding diaryl/α,β-unsaturated/α-hetero) is 1. The summed E-state index contributed by atoms with van der Waals surface area (Å²) in [6.07, 6.45) is 9.39. The quantitative estimate of drug-likeness (QED) is 0.742. The molecule has 1 atom stereocenters. The Morgan fingerprint density at radius 1 is 1.47 bits per heavy atom. The molecule has 2 rings (SSSR count). The number of pyridine rings is 1. The maximum Gasteiger partial charge on any atom is 0.161 e. The van der Waals surface area contributed by atoms with Crippen molar-refractivity contribution in [2.24, 2.45) is 0 Å². The molecule has 0 fully saturated rings. The van der Waals surface area contributed by atoms with E-state index in [1.54, 1.807) is 25.3 Å². The molecule has 1 N–H and O–H groups in total. The minimum Gasteiger partial charge on any atom is -0.379 e. The van der Waals surface area contributed by atoms with Crippen LogP contribution in [0.2, 0.25) is 0 Å². The maximum absolute atomic E-state index is 11.4. The molecule has 1 aromatic rings. The van der Waals surface area contributed by atoms with Gasteiger partial charge in [-0.25, -0.2) is 0 Å². The third kappa shape index (κ3) is 1.96. The van der Waals surface area contributed by atoms with Crippen LogP contribution >= 0.6 is 0 Å². The number of hydrogen-bond acceptors (Lipinski definition) is 3. The Hall–Kier alpha value is -1.90. The Labute approximate surface area is 88.5 Å². The van der Waals surface area contributed by atoms with Crippen molar-refractivity contribution < 1.29 is 4.79 Å². The van der Waals surface area contributed by atoms with Crippen LogP contribution in [0.3, 0.4) is 0 Å². The molecular formula is C12H12N2O. The Morgan fingerprint density at radius 3 is 3.00 bits per heavy atom. The van der Waals surface area contributed by atoms with Gasteiger partial charge >= 0.3 is 0 Å². The van der Waals surface area contributed by atoms with E-state index in [4.69, 9.17) is 0 Å². The maximum atomic E-state index is 11.4. The highest BCUT2D eigenvalue weighted by Gasteiger charge is 2.15. The van der Waals surface area contributed by atoms with Crippen molar-refractivity contribution in [3.63, 3.8) is 0 Å². The number of nitrogens with zero attached hydrogens (tertiary/aromatic N) is 1. The minimum atomic E-state index is -0.00454. The van der Waals surface area contributed by atoms with Crippen LogP contribution in [0.15, 0.2) is 42.8 Å². The fraction of sp³-hybridized carbons (Fsp3) is 0.167. The molecule has 15 heavy (non-hydrogen) atoms. The van der Waals surface area contributed by atoms with Gasteiger partial charge in [0, 0.05) is 11.8 Å². The Morgan fingerprint density at radius 2 is 2.33 bits per heavy atom. The number of allylic oxidation sites excluding steroid dienone is 2. The van der Waals surface area contributed by atoms with E-state index in [9.17, 15) is 4.79 Å². The lowest BCUT2D eigenvalue weighted by atomic mass is 10.0. The van der Waals surface area contributed by atoms with E-state index < -0.39 is 0 Å². The molecule has 2 heterocycles. The second-order valence-electron chi connectivity index (χ2n) is 3.38. The smallest absolute Gasteiger partial charge is 0.161 e. The van der Waals surface area contributed by atoms with Crippen molar-refractivity contribution in [3.8, 4) is 0 Å². The van der Waals surface area contributed by atoms with Gasteiger partial charge in [-0.3, -0.25) is 9.78 Å². The number of rotatable bonds is 2. The third-order valence-electron chi connectivity index (χ3n) is 2.30. The summed E-state index contributed by atoms with van der Waals surface area (Å²) in [5.74, 6) is 0.0443. The van der Waals surface area contributed by atoms with Gasteiger partial charge in [0.15, 0.2) is 5.78 Å². The summed E-state index contributed by atoms with van der Waals surface area (Å²) in [5, 5.41) is 3.15. The molecule has 0 aromatic carbocycles. The number of nitrogens with one attached hydrogen (secondary N) is 1. The molecule has 0 saturated carbocycles. The van der Waals surface area contributed by atoms with E-state index in [-0.39, 0.29) is 11.8 Å². The number of ketones is 1. The first-order valence-electron chi connectivity index (χ1n) is 4.84. The van der Waals surface area contributed by atoms with Crippen molar-refractivity contribution in [3.05, 3.63) is 54.0 Å². The lowest BCUT2D eigenvalue weighted by molar-refractivity contribution is 0.101. The van der Waals surface area contributed by atoms with Gasteiger partial charge in [-0.15, -0.1) is 0 Å². The lowest BCUT2D eigenvalue weighted by Crippen LogP contribution is -2.19. The van der Waals surface area contributed by atoms with Crippen LogP contribution in [0, 0.1) is 0 Å². The van der Waals surface area contributed by atoms with Gasteiger partial charge < -0.3 is 5.32 Å². The summed E-state index contributed by atoms with van der Waals surface area (Å²) >= 11 is 0. The third-order valence-corrected chi connectivity index (χ3v) is 2.30. The van der Waals surface area contributed by atoms with Gasteiger partial charge in [-0.1, -0.05) is 12.2 Å². The molecule has 3 heteroatoms. The first kappa shape index (κ1) is 9.65. The highest BCUT2D eigenvalue weighted by Crippen LogP contribution is 2.18. The van der Waals surface area contributed by atoms with E-state index >= 15 is 0 Å². The molecule has 76 valence electrons. The summed E-state index contributed by atoms with van der Waals surface area (Å²) in [6, 6.07) is 3.58. The molecule has 1 aromatic heterocycles. The largest absolute Gasteiger partial charge is 0.379 e. The van der Waals surface area contributed by atoms with E-state index in [1.165, 1.54) is 0 Å². The molecule has 3 nitrogen and oxygen atoms in total.